The van der Waals surface area contributed by atoms with Crippen LogP contribution in [0.15, 0.2) is 33.3 Å². The van der Waals surface area contributed by atoms with Crippen LogP contribution in [0.25, 0.3) is 0 Å². The lowest BCUT2D eigenvalue weighted by Crippen LogP contribution is -2.22. The molecular formula is C14H17Br2N3O. The Morgan fingerprint density at radius 1 is 1.40 bits per heavy atom. The minimum Gasteiger partial charge on any atom is -0.493 e. The molecule has 2 aromatic rings. The zero-order chi connectivity index (χ0) is 14.7. The van der Waals surface area contributed by atoms with Crippen LogP contribution >= 0.6 is 31.9 Å². The predicted molar refractivity (Wildman–Crippen MR) is 87.2 cm³/mol. The largest absolute Gasteiger partial charge is 0.493 e. The van der Waals surface area contributed by atoms with Crippen molar-refractivity contribution in [1.29, 1.82) is 0 Å². The summed E-state index contributed by atoms with van der Waals surface area (Å²) in [5, 5.41) is 7.72. The van der Waals surface area contributed by atoms with Crippen molar-refractivity contribution in [1.82, 2.24) is 15.1 Å². The average Bonchev–Trinajstić information content (AvgIpc) is 2.86. The molecule has 1 heterocycles. The van der Waals surface area contributed by atoms with Crippen molar-refractivity contribution in [2.75, 3.05) is 14.2 Å². The zero-order valence-corrected chi connectivity index (χ0v) is 14.8. The highest BCUT2D eigenvalue weighted by Gasteiger charge is 2.23. The maximum Gasteiger partial charge on any atom is 0.161 e. The van der Waals surface area contributed by atoms with E-state index in [-0.39, 0.29) is 6.04 Å². The van der Waals surface area contributed by atoms with Crippen LogP contribution in [0.2, 0.25) is 0 Å². The average molecular weight is 403 g/mol. The first kappa shape index (κ1) is 15.5. The van der Waals surface area contributed by atoms with Crippen molar-refractivity contribution in [2.24, 2.45) is 0 Å². The molecule has 1 atom stereocenters. The van der Waals surface area contributed by atoms with Gasteiger partial charge in [0.15, 0.2) is 5.75 Å². The highest BCUT2D eigenvalue weighted by atomic mass is 79.9. The van der Waals surface area contributed by atoms with Crippen LogP contribution in [0.3, 0.4) is 0 Å². The number of nitrogens with zero attached hydrogens (tertiary/aromatic N) is 2. The molecule has 20 heavy (non-hydrogen) atoms. The molecule has 6 heteroatoms. The highest BCUT2D eigenvalue weighted by Crippen LogP contribution is 2.34. The summed E-state index contributed by atoms with van der Waals surface area (Å²) < 4.78 is 9.49. The van der Waals surface area contributed by atoms with Gasteiger partial charge < -0.3 is 10.1 Å². The molecule has 0 saturated heterocycles. The van der Waals surface area contributed by atoms with Crippen LogP contribution < -0.4 is 10.1 Å². The van der Waals surface area contributed by atoms with Crippen molar-refractivity contribution >= 4 is 31.9 Å². The molecule has 0 bridgehead atoms. The second-order valence-corrected chi connectivity index (χ2v) is 6.07. The van der Waals surface area contributed by atoms with Gasteiger partial charge in [0.2, 0.25) is 0 Å². The third-order valence-electron chi connectivity index (χ3n) is 3.20. The Balaban J connectivity index is 2.57. The predicted octanol–water partition coefficient (Wildman–Crippen LogP) is 3.75. The van der Waals surface area contributed by atoms with E-state index in [4.69, 9.17) is 4.74 Å². The monoisotopic (exact) mass is 401 g/mol. The van der Waals surface area contributed by atoms with Gasteiger partial charge in [-0.25, -0.2) is 0 Å². The second-order valence-electron chi connectivity index (χ2n) is 4.30. The number of hydrogen-bond donors (Lipinski definition) is 1. The number of aryl methyl sites for hydroxylation is 1. The molecule has 0 aliphatic carbocycles. The first-order valence-corrected chi connectivity index (χ1v) is 7.92. The van der Waals surface area contributed by atoms with Gasteiger partial charge >= 0.3 is 0 Å². The lowest BCUT2D eigenvalue weighted by Gasteiger charge is -2.21. The Morgan fingerprint density at radius 2 is 2.15 bits per heavy atom. The van der Waals surface area contributed by atoms with Gasteiger partial charge in [0.1, 0.15) is 5.69 Å². The van der Waals surface area contributed by atoms with Crippen LogP contribution in [0.5, 0.6) is 5.75 Å². The lowest BCUT2D eigenvalue weighted by atomic mass is 10.0. The molecule has 0 saturated carbocycles. The van der Waals surface area contributed by atoms with E-state index in [1.807, 2.05) is 23.9 Å². The van der Waals surface area contributed by atoms with E-state index in [9.17, 15) is 0 Å². The normalized spacial score (nSPS) is 12.4. The second kappa shape index (κ2) is 6.74. The summed E-state index contributed by atoms with van der Waals surface area (Å²) in [4.78, 5) is 0. The van der Waals surface area contributed by atoms with E-state index in [2.05, 4.69) is 55.3 Å². The Kier molecular flexibility index (Phi) is 5.23. The third-order valence-corrected chi connectivity index (χ3v) is 4.41. The van der Waals surface area contributed by atoms with Crippen molar-refractivity contribution in [3.05, 3.63) is 44.6 Å². The molecule has 0 aliphatic heterocycles. The first-order chi connectivity index (χ1) is 9.62. The zero-order valence-electron chi connectivity index (χ0n) is 11.7. The van der Waals surface area contributed by atoms with Crippen molar-refractivity contribution < 1.29 is 4.74 Å². The molecule has 108 valence electrons. The Hall–Kier alpha value is -0.850. The summed E-state index contributed by atoms with van der Waals surface area (Å²) >= 11 is 7.15. The Labute approximate surface area is 135 Å². The summed E-state index contributed by atoms with van der Waals surface area (Å²) in [7, 11) is 3.60. The number of benzene rings is 1. The maximum atomic E-state index is 5.45. The Morgan fingerprint density at radius 3 is 2.75 bits per heavy atom. The summed E-state index contributed by atoms with van der Waals surface area (Å²) in [6, 6.07) is 6.13. The van der Waals surface area contributed by atoms with Crippen LogP contribution in [0.1, 0.15) is 24.2 Å². The quantitative estimate of drug-likeness (QED) is 0.827. The number of ether oxygens (including phenoxy) is 1. The summed E-state index contributed by atoms with van der Waals surface area (Å²) in [6.45, 7) is 2.86. The van der Waals surface area contributed by atoms with E-state index < -0.39 is 0 Å². The summed E-state index contributed by atoms with van der Waals surface area (Å²) in [6.07, 6.45) is 1.76. The van der Waals surface area contributed by atoms with Gasteiger partial charge in [0.05, 0.1) is 19.3 Å². The molecule has 1 N–H and O–H groups in total. The van der Waals surface area contributed by atoms with Crippen LogP contribution in [-0.4, -0.2) is 23.9 Å². The molecular weight excluding hydrogens is 386 g/mol. The minimum absolute atomic E-state index is 0.000671. The van der Waals surface area contributed by atoms with Crippen LogP contribution in [0.4, 0.5) is 0 Å². The molecule has 1 aromatic carbocycles. The van der Waals surface area contributed by atoms with Gasteiger partial charge in [-0.15, -0.1) is 0 Å². The fourth-order valence-corrected chi connectivity index (χ4v) is 3.11. The van der Waals surface area contributed by atoms with E-state index in [1.165, 1.54) is 0 Å². The third kappa shape index (κ3) is 2.92. The Bertz CT molecular complexity index is 577. The van der Waals surface area contributed by atoms with E-state index in [1.54, 1.807) is 13.3 Å². The number of aromatic nitrogens is 2. The topological polar surface area (TPSA) is 39.1 Å². The van der Waals surface area contributed by atoms with E-state index in [0.29, 0.717) is 0 Å². The van der Waals surface area contributed by atoms with Gasteiger partial charge in [-0.3, -0.25) is 4.68 Å². The number of halogens is 2. The van der Waals surface area contributed by atoms with Gasteiger partial charge in [-0.1, -0.05) is 31.9 Å². The van der Waals surface area contributed by atoms with Crippen molar-refractivity contribution in [2.45, 2.75) is 19.5 Å². The molecule has 0 fully saturated rings. The fourth-order valence-electron chi connectivity index (χ4n) is 2.25. The molecule has 2 rings (SSSR count). The van der Waals surface area contributed by atoms with Gasteiger partial charge in [-0.05, 0) is 37.7 Å². The van der Waals surface area contributed by atoms with E-state index >= 15 is 0 Å². The number of hydrogen-bond acceptors (Lipinski definition) is 3. The number of nitrogens with one attached hydrogen (secondary N) is 1. The highest BCUT2D eigenvalue weighted by molar-refractivity contribution is 9.11. The smallest absolute Gasteiger partial charge is 0.161 e. The van der Waals surface area contributed by atoms with Gasteiger partial charge in [0.25, 0.3) is 0 Å². The standard InChI is InChI=1S/C14H17Br2N3O/c1-4-19-14(12(20-3)8-18-19)13(17-2)10-7-9(15)5-6-11(10)16/h5-8,13,17H,4H2,1-3H3. The maximum absolute atomic E-state index is 5.45. The molecule has 0 spiro atoms. The summed E-state index contributed by atoms with van der Waals surface area (Å²) in [5.74, 6) is 0.790. The fraction of sp³-hybridized carbons (Fsp3) is 0.357. The molecule has 0 radical (unpaired) electrons. The van der Waals surface area contributed by atoms with Crippen LogP contribution in [0, 0.1) is 0 Å². The molecule has 1 aromatic heterocycles. The van der Waals surface area contributed by atoms with Crippen LogP contribution in [-0.2, 0) is 6.54 Å². The molecule has 0 aliphatic rings. The molecule has 0 amide bonds. The number of methoxy groups -OCH3 is 1. The lowest BCUT2D eigenvalue weighted by molar-refractivity contribution is 0.401. The first-order valence-electron chi connectivity index (χ1n) is 6.34. The van der Waals surface area contributed by atoms with E-state index in [0.717, 1.165) is 32.5 Å². The van der Waals surface area contributed by atoms with Gasteiger partial charge in [-0.2, -0.15) is 5.10 Å². The van der Waals surface area contributed by atoms with Gasteiger partial charge in [0, 0.05) is 15.5 Å². The minimum atomic E-state index is -0.000671. The summed E-state index contributed by atoms with van der Waals surface area (Å²) in [5.41, 5.74) is 2.16. The van der Waals surface area contributed by atoms with Crippen molar-refractivity contribution in [3.63, 3.8) is 0 Å². The molecule has 4 nitrogen and oxygen atoms in total. The van der Waals surface area contributed by atoms with Crippen molar-refractivity contribution in [3.8, 4) is 5.75 Å². The SMILES string of the molecule is CCn1ncc(OC)c1C(NC)c1cc(Br)ccc1Br. The molecule has 1 unspecified atom stereocenters. The number of rotatable bonds is 5.